The number of sulfonamides is 1. The van der Waals surface area contributed by atoms with Crippen molar-refractivity contribution in [2.45, 2.75) is 11.8 Å². The summed E-state index contributed by atoms with van der Waals surface area (Å²) in [5, 5.41) is 11.8. The molecule has 158 valence electrons. The molecule has 1 saturated heterocycles. The van der Waals surface area contributed by atoms with Crippen LogP contribution in [0, 0.1) is 17.0 Å². The average Bonchev–Trinajstić information content (AvgIpc) is 2.74. The van der Waals surface area contributed by atoms with Crippen molar-refractivity contribution >= 4 is 39.3 Å². The lowest BCUT2D eigenvalue weighted by Gasteiger charge is -2.33. The van der Waals surface area contributed by atoms with Crippen LogP contribution in [0.15, 0.2) is 53.4 Å². The largest absolute Gasteiger partial charge is 0.337 e. The number of carbonyl (C=O) groups is 1. The smallest absolute Gasteiger partial charge is 0.289 e. The molecule has 0 spiro atoms. The summed E-state index contributed by atoms with van der Waals surface area (Å²) in [7, 11) is -4.03. The van der Waals surface area contributed by atoms with Crippen LogP contribution in [-0.2, 0) is 14.8 Å². The number of piperazine rings is 1. The number of halogens is 1. The number of nitro benzene ring substituents is 1. The zero-order valence-corrected chi connectivity index (χ0v) is 17.8. The summed E-state index contributed by atoms with van der Waals surface area (Å²) in [5.41, 5.74) is 1.27. The number of hydrogen-bond donors (Lipinski definition) is 0. The fraction of sp³-hybridized carbons (Fsp3) is 0.250. The van der Waals surface area contributed by atoms with Gasteiger partial charge in [-0.25, -0.2) is 8.42 Å². The van der Waals surface area contributed by atoms with Gasteiger partial charge in [0.2, 0.25) is 15.9 Å². The van der Waals surface area contributed by atoms with E-state index in [1.807, 2.05) is 19.1 Å². The maximum atomic E-state index is 12.9. The first-order chi connectivity index (χ1) is 14.2. The minimum atomic E-state index is -4.03. The molecule has 0 radical (unpaired) electrons. The molecule has 8 nitrogen and oxygen atoms in total. The number of hydrogen-bond acceptors (Lipinski definition) is 5. The summed E-state index contributed by atoms with van der Waals surface area (Å²) >= 11 is 6.08. The van der Waals surface area contributed by atoms with Crippen LogP contribution in [0.3, 0.4) is 0 Å². The highest BCUT2D eigenvalue weighted by Crippen LogP contribution is 2.27. The lowest BCUT2D eigenvalue weighted by Crippen LogP contribution is -2.50. The monoisotopic (exact) mass is 449 g/mol. The topological polar surface area (TPSA) is 101 Å². The Morgan fingerprint density at radius 2 is 1.80 bits per heavy atom. The van der Waals surface area contributed by atoms with Gasteiger partial charge in [0.25, 0.3) is 5.69 Å². The van der Waals surface area contributed by atoms with Crippen LogP contribution in [0.1, 0.15) is 11.1 Å². The predicted molar refractivity (Wildman–Crippen MR) is 114 cm³/mol. The number of para-hydroxylation sites is 1. The van der Waals surface area contributed by atoms with Gasteiger partial charge in [-0.3, -0.25) is 14.9 Å². The van der Waals surface area contributed by atoms with Crippen molar-refractivity contribution in [2.75, 3.05) is 26.2 Å². The first kappa shape index (κ1) is 21.9. The molecular formula is C20H20ClN3O5S. The van der Waals surface area contributed by atoms with Crippen molar-refractivity contribution in [3.63, 3.8) is 0 Å². The van der Waals surface area contributed by atoms with Gasteiger partial charge in [-0.15, -0.1) is 0 Å². The molecule has 3 rings (SSSR count). The lowest BCUT2D eigenvalue weighted by molar-refractivity contribution is -0.387. The van der Waals surface area contributed by atoms with E-state index < -0.39 is 20.6 Å². The third kappa shape index (κ3) is 4.69. The molecule has 0 aromatic heterocycles. The van der Waals surface area contributed by atoms with Crippen molar-refractivity contribution in [3.05, 3.63) is 74.8 Å². The Morgan fingerprint density at radius 3 is 2.43 bits per heavy atom. The third-order valence-corrected chi connectivity index (χ3v) is 7.20. The van der Waals surface area contributed by atoms with Crippen molar-refractivity contribution in [2.24, 2.45) is 0 Å². The number of amides is 1. The second kappa shape index (κ2) is 8.95. The molecule has 1 aliphatic heterocycles. The summed E-state index contributed by atoms with van der Waals surface area (Å²) in [6.45, 7) is 2.39. The van der Waals surface area contributed by atoms with E-state index in [4.69, 9.17) is 11.6 Å². The molecule has 1 aliphatic rings. The molecular weight excluding hydrogens is 430 g/mol. The maximum Gasteiger partial charge on any atom is 0.289 e. The Morgan fingerprint density at radius 1 is 1.13 bits per heavy atom. The molecule has 0 bridgehead atoms. The van der Waals surface area contributed by atoms with Gasteiger partial charge in [-0.1, -0.05) is 35.9 Å². The Balaban J connectivity index is 1.67. The predicted octanol–water partition coefficient (Wildman–Crippen LogP) is 3.10. The summed E-state index contributed by atoms with van der Waals surface area (Å²) in [4.78, 5) is 24.1. The van der Waals surface area contributed by atoms with Crippen LogP contribution in [0.25, 0.3) is 6.08 Å². The highest BCUT2D eigenvalue weighted by molar-refractivity contribution is 7.89. The van der Waals surface area contributed by atoms with Crippen molar-refractivity contribution in [3.8, 4) is 0 Å². The van der Waals surface area contributed by atoms with E-state index in [1.165, 1.54) is 33.5 Å². The van der Waals surface area contributed by atoms with Crippen LogP contribution < -0.4 is 0 Å². The molecule has 0 N–H and O–H groups in total. The molecule has 2 aromatic carbocycles. The van der Waals surface area contributed by atoms with Crippen molar-refractivity contribution < 1.29 is 18.1 Å². The van der Waals surface area contributed by atoms with Gasteiger partial charge in [0, 0.05) is 43.3 Å². The van der Waals surface area contributed by atoms with Gasteiger partial charge in [0.05, 0.1) is 4.92 Å². The van der Waals surface area contributed by atoms with Gasteiger partial charge in [0.15, 0.2) is 4.90 Å². The average molecular weight is 450 g/mol. The standard InChI is InChI=1S/C20H20ClN3O5S/c1-15-6-7-16(14-17(15)21)8-9-20(25)22-10-12-23(13-11-22)30(28,29)19-5-3-2-4-18(19)24(26)27/h2-9,14H,10-13H2,1H3/b9-8+. The van der Waals surface area contributed by atoms with E-state index in [2.05, 4.69) is 0 Å². The zero-order valence-electron chi connectivity index (χ0n) is 16.2. The molecule has 1 amide bonds. The van der Waals surface area contributed by atoms with Gasteiger partial charge < -0.3 is 4.90 Å². The molecule has 10 heteroatoms. The van der Waals surface area contributed by atoms with Gasteiger partial charge in [-0.2, -0.15) is 4.31 Å². The molecule has 0 atom stereocenters. The van der Waals surface area contributed by atoms with E-state index in [1.54, 1.807) is 12.1 Å². The fourth-order valence-electron chi connectivity index (χ4n) is 3.10. The number of carbonyl (C=O) groups excluding carboxylic acids is 1. The third-order valence-electron chi connectivity index (χ3n) is 4.84. The summed E-state index contributed by atoms with van der Waals surface area (Å²) in [5.74, 6) is -0.241. The van der Waals surface area contributed by atoms with Crippen LogP contribution in [0.5, 0.6) is 0 Å². The number of rotatable bonds is 5. The highest BCUT2D eigenvalue weighted by Gasteiger charge is 2.34. The van der Waals surface area contributed by atoms with E-state index in [0.717, 1.165) is 17.2 Å². The van der Waals surface area contributed by atoms with Crippen molar-refractivity contribution in [1.29, 1.82) is 0 Å². The molecule has 2 aromatic rings. The van der Waals surface area contributed by atoms with Gasteiger partial charge in [0.1, 0.15) is 0 Å². The van der Waals surface area contributed by atoms with Crippen LogP contribution in [0.4, 0.5) is 5.69 Å². The van der Waals surface area contributed by atoms with Gasteiger partial charge >= 0.3 is 0 Å². The number of nitro groups is 1. The van der Waals surface area contributed by atoms with Crippen LogP contribution >= 0.6 is 11.6 Å². The Kier molecular flexibility index (Phi) is 6.55. The van der Waals surface area contributed by atoms with E-state index in [9.17, 15) is 23.3 Å². The summed E-state index contributed by atoms with van der Waals surface area (Å²) in [6, 6.07) is 10.7. The van der Waals surface area contributed by atoms with E-state index >= 15 is 0 Å². The second-order valence-electron chi connectivity index (χ2n) is 6.80. The normalized spacial score (nSPS) is 15.5. The number of benzene rings is 2. The molecule has 0 unspecified atom stereocenters. The minimum absolute atomic E-state index is 0.0598. The fourth-order valence-corrected chi connectivity index (χ4v) is 4.87. The first-order valence-corrected chi connectivity index (χ1v) is 11.0. The molecule has 1 heterocycles. The maximum absolute atomic E-state index is 12.9. The highest BCUT2D eigenvalue weighted by atomic mass is 35.5. The molecule has 0 aliphatic carbocycles. The molecule has 30 heavy (non-hydrogen) atoms. The summed E-state index contributed by atoms with van der Waals surface area (Å²) in [6.07, 6.45) is 3.08. The Hall–Kier alpha value is -2.75. The van der Waals surface area contributed by atoms with E-state index in [-0.39, 0.29) is 37.0 Å². The number of aryl methyl sites for hydroxylation is 1. The quantitative estimate of drug-likeness (QED) is 0.396. The SMILES string of the molecule is Cc1ccc(/C=C/C(=O)N2CCN(S(=O)(=O)c3ccccc3[N+](=O)[O-])CC2)cc1Cl. The second-order valence-corrected chi connectivity index (χ2v) is 9.11. The minimum Gasteiger partial charge on any atom is -0.337 e. The van der Waals surface area contributed by atoms with Crippen LogP contribution in [-0.4, -0.2) is 54.6 Å². The lowest BCUT2D eigenvalue weighted by atomic mass is 10.1. The van der Waals surface area contributed by atoms with Gasteiger partial charge in [-0.05, 0) is 36.3 Å². The van der Waals surface area contributed by atoms with Crippen LogP contribution in [0.2, 0.25) is 5.02 Å². The zero-order chi connectivity index (χ0) is 21.9. The molecule has 1 fully saturated rings. The summed E-state index contributed by atoms with van der Waals surface area (Å²) < 4.78 is 26.9. The first-order valence-electron chi connectivity index (χ1n) is 9.17. The van der Waals surface area contributed by atoms with E-state index in [0.29, 0.717) is 5.02 Å². The van der Waals surface area contributed by atoms with Crippen molar-refractivity contribution in [1.82, 2.24) is 9.21 Å². The Labute approximate surface area is 179 Å². The Bertz CT molecular complexity index is 1110. The number of nitrogens with zero attached hydrogens (tertiary/aromatic N) is 3. The molecule has 0 saturated carbocycles.